The summed E-state index contributed by atoms with van der Waals surface area (Å²) in [4.78, 5) is 28.6. The first kappa shape index (κ1) is 18.9. The molecule has 0 bridgehead atoms. The van der Waals surface area contributed by atoms with Gasteiger partial charge in [0.2, 0.25) is 5.88 Å². The number of benzene rings is 1. The molecule has 7 rings (SSSR count). The number of thiophene rings is 1. The summed E-state index contributed by atoms with van der Waals surface area (Å²) >= 11 is 1.73. The first-order valence-electron chi connectivity index (χ1n) is 11.2. The van der Waals surface area contributed by atoms with E-state index in [9.17, 15) is 4.79 Å². The second-order valence-electron chi connectivity index (χ2n) is 8.59. The molecule has 2 aliphatic carbocycles. The first-order chi connectivity index (χ1) is 16.2. The summed E-state index contributed by atoms with van der Waals surface area (Å²) < 4.78 is 12.0. The van der Waals surface area contributed by atoms with Crippen molar-refractivity contribution < 1.29 is 9.15 Å². The van der Waals surface area contributed by atoms with Crippen molar-refractivity contribution in [1.82, 2.24) is 15.0 Å². The van der Waals surface area contributed by atoms with Crippen molar-refractivity contribution in [3.8, 4) is 23.0 Å². The molecule has 0 amide bonds. The molecule has 4 heterocycles. The third-order valence-electron chi connectivity index (χ3n) is 6.61. The summed E-state index contributed by atoms with van der Waals surface area (Å²) in [5.74, 6) is 1.73. The summed E-state index contributed by atoms with van der Waals surface area (Å²) in [6, 6.07) is 9.56. The van der Waals surface area contributed by atoms with Crippen LogP contribution in [0.2, 0.25) is 0 Å². The van der Waals surface area contributed by atoms with Crippen molar-refractivity contribution in [1.29, 1.82) is 0 Å². The third-order valence-corrected chi connectivity index (χ3v) is 7.80. The topological polar surface area (TPSA) is 78.1 Å². The Morgan fingerprint density at radius 1 is 0.970 bits per heavy atom. The smallest absolute Gasteiger partial charge is 0.339 e. The maximum Gasteiger partial charge on any atom is 0.339 e. The van der Waals surface area contributed by atoms with Crippen LogP contribution in [0.25, 0.3) is 32.6 Å². The Kier molecular flexibility index (Phi) is 4.14. The van der Waals surface area contributed by atoms with E-state index in [0.717, 1.165) is 70.8 Å². The second kappa shape index (κ2) is 7.22. The summed E-state index contributed by atoms with van der Waals surface area (Å²) in [6.07, 6.45) is 9.44. The molecule has 0 atom stereocenters. The van der Waals surface area contributed by atoms with Gasteiger partial charge in [0, 0.05) is 39.9 Å². The molecular formula is C26H19N3O3S. The van der Waals surface area contributed by atoms with Crippen LogP contribution in [0.1, 0.15) is 34.4 Å². The van der Waals surface area contributed by atoms with Gasteiger partial charge in [0.05, 0.1) is 5.39 Å². The van der Waals surface area contributed by atoms with Crippen LogP contribution in [0.4, 0.5) is 0 Å². The normalized spacial score (nSPS) is 14.7. The highest BCUT2D eigenvalue weighted by molar-refractivity contribution is 7.19. The van der Waals surface area contributed by atoms with Crippen molar-refractivity contribution in [2.45, 2.75) is 38.5 Å². The number of hydrogen-bond donors (Lipinski definition) is 0. The second-order valence-corrected chi connectivity index (χ2v) is 9.68. The lowest BCUT2D eigenvalue weighted by molar-refractivity contribution is 0.467. The van der Waals surface area contributed by atoms with Crippen molar-refractivity contribution >= 4 is 32.5 Å². The molecule has 6 nitrogen and oxygen atoms in total. The lowest BCUT2D eigenvalue weighted by Crippen LogP contribution is -2.06. The molecule has 0 aliphatic heterocycles. The highest BCUT2D eigenvalue weighted by Crippen LogP contribution is 2.42. The number of pyridine rings is 1. The molecule has 0 unspecified atom stereocenters. The molecule has 162 valence electrons. The fraction of sp³-hybridized carbons (Fsp3) is 0.231. The molecular weight excluding hydrogens is 434 g/mol. The summed E-state index contributed by atoms with van der Waals surface area (Å²) in [6.45, 7) is 0. The van der Waals surface area contributed by atoms with Gasteiger partial charge in [-0.25, -0.2) is 9.78 Å². The molecule has 5 aromatic rings. The van der Waals surface area contributed by atoms with Crippen molar-refractivity contribution in [3.63, 3.8) is 0 Å². The Balaban J connectivity index is 1.39. The molecule has 0 fully saturated rings. The van der Waals surface area contributed by atoms with Crippen LogP contribution in [0.3, 0.4) is 0 Å². The molecule has 0 N–H and O–H groups in total. The third kappa shape index (κ3) is 2.99. The Morgan fingerprint density at radius 2 is 1.85 bits per heavy atom. The van der Waals surface area contributed by atoms with E-state index in [1.165, 1.54) is 10.4 Å². The van der Waals surface area contributed by atoms with Crippen molar-refractivity contribution in [2.75, 3.05) is 0 Å². The fourth-order valence-corrected chi connectivity index (χ4v) is 6.35. The molecule has 33 heavy (non-hydrogen) atoms. The lowest BCUT2D eigenvalue weighted by Gasteiger charge is -2.11. The highest BCUT2D eigenvalue weighted by Gasteiger charge is 2.25. The average Bonchev–Trinajstić information content (AvgIpc) is 3.56. The van der Waals surface area contributed by atoms with Crippen molar-refractivity contribution in [3.05, 3.63) is 74.7 Å². The van der Waals surface area contributed by atoms with Crippen LogP contribution in [0.5, 0.6) is 11.6 Å². The van der Waals surface area contributed by atoms with E-state index in [1.807, 2.05) is 24.3 Å². The number of fused-ring (bicyclic) bond motifs is 6. The predicted molar refractivity (Wildman–Crippen MR) is 127 cm³/mol. The van der Waals surface area contributed by atoms with E-state index in [0.29, 0.717) is 23.0 Å². The van der Waals surface area contributed by atoms with Gasteiger partial charge >= 0.3 is 5.63 Å². The standard InChI is InChI=1S/C26H19N3O3S/c30-26-18-6-1-5-16(18)17-10-9-15(12-20(17)32-26)31-24-22-19-7-2-8-21(19)33-25(22)29-23(28-24)14-4-3-11-27-13-14/h3-4,9-13H,1-2,5-8H2. The Hall–Kier alpha value is -3.58. The Bertz CT molecular complexity index is 1620. The van der Waals surface area contributed by atoms with Crippen LogP contribution >= 0.6 is 11.3 Å². The van der Waals surface area contributed by atoms with Crippen molar-refractivity contribution in [2.24, 2.45) is 0 Å². The monoisotopic (exact) mass is 453 g/mol. The quantitative estimate of drug-likeness (QED) is 0.330. The van der Waals surface area contributed by atoms with Gasteiger partial charge in [-0.05, 0) is 73.9 Å². The number of rotatable bonds is 3. The van der Waals surface area contributed by atoms with E-state index in [1.54, 1.807) is 29.8 Å². The molecule has 0 saturated heterocycles. The van der Waals surface area contributed by atoms with E-state index < -0.39 is 0 Å². The van der Waals surface area contributed by atoms with E-state index >= 15 is 0 Å². The summed E-state index contributed by atoms with van der Waals surface area (Å²) in [7, 11) is 0. The molecule has 0 saturated carbocycles. The molecule has 2 aliphatic rings. The molecule has 7 heteroatoms. The number of aryl methyl sites for hydroxylation is 3. The van der Waals surface area contributed by atoms with Crippen LogP contribution in [-0.2, 0) is 25.7 Å². The van der Waals surface area contributed by atoms with Gasteiger partial charge in [-0.15, -0.1) is 11.3 Å². The Labute approximate surface area is 192 Å². The zero-order valence-electron chi connectivity index (χ0n) is 17.8. The zero-order valence-corrected chi connectivity index (χ0v) is 18.6. The van der Waals surface area contributed by atoms with E-state index in [4.69, 9.17) is 19.1 Å². The first-order valence-corrected chi connectivity index (χ1v) is 12.1. The largest absolute Gasteiger partial charge is 0.438 e. The maximum atomic E-state index is 12.4. The maximum absolute atomic E-state index is 12.4. The Morgan fingerprint density at radius 3 is 2.76 bits per heavy atom. The molecule has 0 radical (unpaired) electrons. The van der Waals surface area contributed by atoms with Crippen LogP contribution < -0.4 is 10.4 Å². The number of ether oxygens (including phenoxy) is 1. The minimum absolute atomic E-state index is 0.230. The number of aromatic nitrogens is 3. The van der Waals surface area contributed by atoms with Gasteiger partial charge in [-0.1, -0.05) is 0 Å². The van der Waals surface area contributed by atoms with Gasteiger partial charge in [0.1, 0.15) is 16.2 Å². The van der Waals surface area contributed by atoms with Crippen LogP contribution in [0, 0.1) is 0 Å². The van der Waals surface area contributed by atoms with Gasteiger partial charge in [-0.2, -0.15) is 4.98 Å². The molecule has 1 aromatic carbocycles. The van der Waals surface area contributed by atoms with Crippen LogP contribution in [0.15, 0.2) is 51.9 Å². The summed E-state index contributed by atoms with van der Waals surface area (Å²) in [5.41, 5.74) is 4.42. The minimum Gasteiger partial charge on any atom is -0.438 e. The van der Waals surface area contributed by atoms with Gasteiger partial charge in [0.25, 0.3) is 0 Å². The molecule has 4 aromatic heterocycles. The van der Waals surface area contributed by atoms with Gasteiger partial charge in [0.15, 0.2) is 5.82 Å². The average molecular weight is 454 g/mol. The van der Waals surface area contributed by atoms with E-state index in [-0.39, 0.29) is 5.63 Å². The lowest BCUT2D eigenvalue weighted by atomic mass is 10.1. The SMILES string of the molecule is O=c1oc2cc(Oc3nc(-c4cccnc4)nc4sc5c(c34)CCC5)ccc2c2c1CCC2. The highest BCUT2D eigenvalue weighted by atomic mass is 32.1. The van der Waals surface area contributed by atoms with Gasteiger partial charge in [-0.3, -0.25) is 4.98 Å². The predicted octanol–water partition coefficient (Wildman–Crippen LogP) is 5.63. The van der Waals surface area contributed by atoms with E-state index in [2.05, 4.69) is 4.98 Å². The fourth-order valence-electron chi connectivity index (χ4n) is 5.10. The molecule has 0 spiro atoms. The zero-order chi connectivity index (χ0) is 21.9. The number of hydrogen-bond acceptors (Lipinski definition) is 7. The van der Waals surface area contributed by atoms with Gasteiger partial charge < -0.3 is 9.15 Å². The summed E-state index contributed by atoms with van der Waals surface area (Å²) in [5, 5.41) is 1.99. The van der Waals surface area contributed by atoms with Crippen LogP contribution in [-0.4, -0.2) is 15.0 Å². The minimum atomic E-state index is -0.230. The number of nitrogens with zero attached hydrogens (tertiary/aromatic N) is 3.